The third-order valence-corrected chi connectivity index (χ3v) is 14.6. The monoisotopic (exact) mass is 618 g/mol. The molecular weight excluding hydrogens is 576 g/mol. The molecule has 3 N–H and O–H groups in total. The van der Waals surface area contributed by atoms with Crippen molar-refractivity contribution < 1.29 is 58.2 Å². The number of carbonyl (C=O) groups is 4. The van der Waals surface area contributed by atoms with Crippen molar-refractivity contribution in [1.82, 2.24) is 0 Å². The summed E-state index contributed by atoms with van der Waals surface area (Å²) >= 11 is 0. The summed E-state index contributed by atoms with van der Waals surface area (Å²) in [5, 5.41) is 35.9. The topological polar surface area (TPSA) is 182 Å². The molecule has 0 radical (unpaired) electrons. The standard InChI is InChI=1S/C32H42O12/c1-11-20-16(29(6)30(7,38)26(37)44-32(29)24(11)43-32)8-14-19-15(9-18(27(14,20)4)40-12(2)33)28(5)25(41-13(3)34)22-17(42-22)10-31(28,39)23(36)21(19)35/h11,14-22,24-25,35,38-39H,8-10H2,1-7H3/t11-,14-,15?,16+,17-,18-,19?,20-,21?,22-,24+,25-,27+,28-,29-,30+,31-,32-/m0/s1. The number of aliphatic hydroxyl groups excluding tert-OH is 1. The molecule has 12 heteroatoms. The first kappa shape index (κ1) is 29.3. The van der Waals surface area contributed by atoms with Gasteiger partial charge in [0, 0.05) is 31.1 Å². The summed E-state index contributed by atoms with van der Waals surface area (Å²) in [7, 11) is 0. The normalized spacial score (nSPS) is 62.4. The molecule has 44 heavy (non-hydrogen) atoms. The lowest BCUT2D eigenvalue weighted by Crippen LogP contribution is -2.76. The molecule has 3 heterocycles. The molecule has 242 valence electrons. The number of fused-ring (bicyclic) bond motifs is 9. The zero-order valence-electron chi connectivity index (χ0n) is 26.1. The lowest BCUT2D eigenvalue weighted by atomic mass is 9.40. The van der Waals surface area contributed by atoms with Crippen molar-refractivity contribution in [2.24, 2.45) is 51.8 Å². The lowest BCUT2D eigenvalue weighted by Gasteiger charge is -2.65. The third kappa shape index (κ3) is 2.83. The van der Waals surface area contributed by atoms with E-state index in [1.54, 1.807) is 6.92 Å². The summed E-state index contributed by atoms with van der Waals surface area (Å²) in [5.41, 5.74) is -7.24. The number of ether oxygens (including phenoxy) is 5. The van der Waals surface area contributed by atoms with Crippen LogP contribution in [0.3, 0.4) is 0 Å². The molecule has 0 aromatic heterocycles. The second-order valence-electron chi connectivity index (χ2n) is 15.9. The molecule has 5 saturated carbocycles. The fraction of sp³-hybridized carbons (Fsp3) is 0.875. The molecule has 0 amide bonds. The van der Waals surface area contributed by atoms with E-state index >= 15 is 0 Å². The molecule has 12 nitrogen and oxygen atoms in total. The van der Waals surface area contributed by atoms with Crippen molar-refractivity contribution in [3.05, 3.63) is 0 Å². The van der Waals surface area contributed by atoms with E-state index in [2.05, 4.69) is 0 Å². The SMILES string of the molecule is CC(=O)O[C@H]1CC2C(C(O)C(=O)[C@@]3(O)C[C@@H]4O[C@@H]4[C@H](OC(C)=O)[C@]23C)[C@@H]2C[C@@H]3[C@H]([C@H](C)[C@H]4O[C@]45OC(=O)[C@@](C)(O)[C@]35C)[C@@]12C. The molecule has 8 fully saturated rings. The van der Waals surface area contributed by atoms with Gasteiger partial charge in [0.25, 0.3) is 0 Å². The largest absolute Gasteiger partial charge is 0.462 e. The van der Waals surface area contributed by atoms with Gasteiger partial charge in [-0.15, -0.1) is 0 Å². The highest BCUT2D eigenvalue weighted by atomic mass is 16.8. The summed E-state index contributed by atoms with van der Waals surface area (Å²) in [6.45, 7) is 11.7. The van der Waals surface area contributed by atoms with Crippen LogP contribution in [0, 0.1) is 51.8 Å². The average molecular weight is 619 g/mol. The number of esters is 3. The van der Waals surface area contributed by atoms with Gasteiger partial charge >= 0.3 is 17.9 Å². The van der Waals surface area contributed by atoms with Crippen LogP contribution in [0.15, 0.2) is 0 Å². The second-order valence-corrected chi connectivity index (χ2v) is 15.9. The first-order chi connectivity index (χ1) is 20.3. The number of hydrogen-bond donors (Lipinski definition) is 3. The van der Waals surface area contributed by atoms with Crippen LogP contribution < -0.4 is 0 Å². The molecule has 8 rings (SSSR count). The number of Topliss-reactive ketones (excluding diaryl/α,β-unsaturated/α-hetero) is 1. The second kappa shape index (κ2) is 8.05. The highest BCUT2D eigenvalue weighted by molar-refractivity contribution is 5.94. The van der Waals surface area contributed by atoms with Gasteiger partial charge in [0.05, 0.1) is 11.5 Å². The molecule has 3 aliphatic heterocycles. The van der Waals surface area contributed by atoms with E-state index in [-0.39, 0.29) is 30.6 Å². The smallest absolute Gasteiger partial charge is 0.341 e. The van der Waals surface area contributed by atoms with E-state index in [0.717, 1.165) is 0 Å². The van der Waals surface area contributed by atoms with E-state index < -0.39 is 111 Å². The Morgan fingerprint density at radius 1 is 0.955 bits per heavy atom. The Hall–Kier alpha value is -2.12. The van der Waals surface area contributed by atoms with Crippen molar-refractivity contribution in [3.63, 3.8) is 0 Å². The van der Waals surface area contributed by atoms with E-state index in [4.69, 9.17) is 23.7 Å². The molecule has 3 saturated heterocycles. The minimum atomic E-state index is -2.04. The van der Waals surface area contributed by atoms with Gasteiger partial charge in [0.15, 0.2) is 11.4 Å². The molecular formula is C32H42O12. The summed E-state index contributed by atoms with van der Waals surface area (Å²) in [4.78, 5) is 52.4. The van der Waals surface area contributed by atoms with E-state index in [1.807, 2.05) is 20.8 Å². The number of epoxide rings is 2. The van der Waals surface area contributed by atoms with Crippen molar-refractivity contribution >= 4 is 23.7 Å². The maximum atomic E-state index is 14.2. The summed E-state index contributed by atoms with van der Waals surface area (Å²) in [6.07, 6.45) is -4.12. The van der Waals surface area contributed by atoms with Gasteiger partial charge < -0.3 is 39.0 Å². The van der Waals surface area contributed by atoms with Crippen LogP contribution >= 0.6 is 0 Å². The summed E-state index contributed by atoms with van der Waals surface area (Å²) < 4.78 is 29.8. The Morgan fingerprint density at radius 2 is 1.61 bits per heavy atom. The van der Waals surface area contributed by atoms with Crippen LogP contribution in [0.4, 0.5) is 0 Å². The first-order valence-electron chi connectivity index (χ1n) is 15.9. The van der Waals surface area contributed by atoms with Gasteiger partial charge in [-0.2, -0.15) is 0 Å². The Morgan fingerprint density at radius 3 is 2.25 bits per heavy atom. The van der Waals surface area contributed by atoms with Crippen molar-refractivity contribution in [2.75, 3.05) is 0 Å². The van der Waals surface area contributed by atoms with Gasteiger partial charge in [-0.3, -0.25) is 14.4 Å². The zero-order valence-corrected chi connectivity index (χ0v) is 26.1. The predicted molar refractivity (Wildman–Crippen MR) is 145 cm³/mol. The minimum absolute atomic E-state index is 0.0323. The number of hydrogen-bond acceptors (Lipinski definition) is 12. The summed E-state index contributed by atoms with van der Waals surface area (Å²) in [6, 6.07) is 0. The van der Waals surface area contributed by atoms with Crippen LogP contribution in [0.1, 0.15) is 67.7 Å². The van der Waals surface area contributed by atoms with E-state index in [1.165, 1.54) is 20.8 Å². The maximum Gasteiger partial charge on any atom is 0.341 e. The molecule has 8 aliphatic rings. The van der Waals surface area contributed by atoms with Crippen molar-refractivity contribution in [2.45, 2.75) is 121 Å². The zero-order chi connectivity index (χ0) is 31.9. The predicted octanol–water partition coefficient (Wildman–Crippen LogP) is 0.656. The van der Waals surface area contributed by atoms with Gasteiger partial charge in [0.1, 0.15) is 36.1 Å². The van der Waals surface area contributed by atoms with Crippen molar-refractivity contribution in [1.29, 1.82) is 0 Å². The van der Waals surface area contributed by atoms with Crippen LogP contribution in [0.2, 0.25) is 0 Å². The highest BCUT2D eigenvalue weighted by Gasteiger charge is 2.91. The average Bonchev–Trinajstić information content (AvgIpc) is 3.82. The highest BCUT2D eigenvalue weighted by Crippen LogP contribution is 2.80. The van der Waals surface area contributed by atoms with Crippen LogP contribution in [-0.2, 0) is 42.9 Å². The first-order valence-corrected chi connectivity index (χ1v) is 15.9. The Kier molecular flexibility index (Phi) is 5.36. The molecule has 0 aromatic carbocycles. The lowest BCUT2D eigenvalue weighted by molar-refractivity contribution is -0.263. The molecule has 1 spiro atoms. The van der Waals surface area contributed by atoms with Crippen LogP contribution in [-0.4, -0.2) is 92.6 Å². The van der Waals surface area contributed by atoms with E-state index in [9.17, 15) is 34.5 Å². The number of rotatable bonds is 2. The maximum absolute atomic E-state index is 14.2. The quantitative estimate of drug-likeness (QED) is 0.224. The van der Waals surface area contributed by atoms with Gasteiger partial charge in [-0.05, 0) is 62.2 Å². The number of ketones is 1. The molecule has 3 unspecified atom stereocenters. The van der Waals surface area contributed by atoms with Gasteiger partial charge in [-0.1, -0.05) is 20.8 Å². The minimum Gasteiger partial charge on any atom is -0.462 e. The Labute approximate surface area is 255 Å². The van der Waals surface area contributed by atoms with E-state index in [0.29, 0.717) is 6.42 Å². The molecule has 0 bridgehead atoms. The third-order valence-electron chi connectivity index (χ3n) is 14.6. The van der Waals surface area contributed by atoms with Crippen molar-refractivity contribution in [3.8, 4) is 0 Å². The van der Waals surface area contributed by atoms with Crippen LogP contribution in [0.5, 0.6) is 0 Å². The Bertz CT molecular complexity index is 1410. The Balaban J connectivity index is 1.31. The van der Waals surface area contributed by atoms with Gasteiger partial charge in [-0.25, -0.2) is 4.79 Å². The summed E-state index contributed by atoms with van der Waals surface area (Å²) in [5.74, 6) is -6.35. The molecule has 0 aromatic rings. The molecule has 5 aliphatic carbocycles. The number of carbonyl (C=O) groups excluding carboxylic acids is 4. The number of aliphatic hydroxyl groups is 3. The van der Waals surface area contributed by atoms with Crippen LogP contribution in [0.25, 0.3) is 0 Å². The fourth-order valence-corrected chi connectivity index (χ4v) is 12.4. The molecule has 18 atom stereocenters. The fourth-order valence-electron chi connectivity index (χ4n) is 12.4. The van der Waals surface area contributed by atoms with Gasteiger partial charge in [0.2, 0.25) is 5.79 Å².